The molecule has 0 aliphatic rings. The van der Waals surface area contributed by atoms with Crippen molar-refractivity contribution in [3.05, 3.63) is 53.6 Å². The standard InChI is InChI=1S/C13H14F3N3/c1-9(19-8-12-17-6-7-18-12)10-4-2-3-5-11(10)13(14,15)16/h2-7,9,19H,8H2,1H3,(H,17,18). The number of imidazole rings is 1. The van der Waals surface area contributed by atoms with Crippen LogP contribution in [0.5, 0.6) is 0 Å². The van der Waals surface area contributed by atoms with Crippen LogP contribution < -0.4 is 5.32 Å². The van der Waals surface area contributed by atoms with Crippen LogP contribution in [0.3, 0.4) is 0 Å². The summed E-state index contributed by atoms with van der Waals surface area (Å²) in [5, 5.41) is 3.02. The fraction of sp³-hybridized carbons (Fsp3) is 0.308. The smallest absolute Gasteiger partial charge is 0.348 e. The summed E-state index contributed by atoms with van der Waals surface area (Å²) in [4.78, 5) is 6.91. The number of alkyl halides is 3. The van der Waals surface area contributed by atoms with E-state index in [-0.39, 0.29) is 5.56 Å². The van der Waals surface area contributed by atoms with E-state index in [1.807, 2.05) is 0 Å². The van der Waals surface area contributed by atoms with Gasteiger partial charge in [-0.25, -0.2) is 4.98 Å². The molecule has 0 aliphatic carbocycles. The Labute approximate surface area is 108 Å². The van der Waals surface area contributed by atoms with Crippen LogP contribution in [-0.4, -0.2) is 9.97 Å². The van der Waals surface area contributed by atoms with Crippen LogP contribution >= 0.6 is 0 Å². The lowest BCUT2D eigenvalue weighted by Gasteiger charge is -2.19. The van der Waals surface area contributed by atoms with E-state index in [1.54, 1.807) is 25.4 Å². The summed E-state index contributed by atoms with van der Waals surface area (Å²) in [7, 11) is 0. The van der Waals surface area contributed by atoms with Crippen LogP contribution in [0.2, 0.25) is 0 Å². The predicted octanol–water partition coefficient (Wildman–Crippen LogP) is 3.28. The van der Waals surface area contributed by atoms with Crippen LogP contribution in [-0.2, 0) is 12.7 Å². The number of hydrogen-bond acceptors (Lipinski definition) is 2. The molecule has 0 spiro atoms. The third-order valence-electron chi connectivity index (χ3n) is 2.86. The molecule has 1 unspecified atom stereocenters. The third kappa shape index (κ3) is 3.35. The molecule has 0 aliphatic heterocycles. The number of aromatic nitrogens is 2. The number of halogens is 3. The van der Waals surface area contributed by atoms with Crippen LogP contribution in [0.1, 0.15) is 29.9 Å². The van der Waals surface area contributed by atoms with Gasteiger partial charge in [-0.3, -0.25) is 0 Å². The number of nitrogens with zero attached hydrogens (tertiary/aromatic N) is 1. The van der Waals surface area contributed by atoms with Crippen molar-refractivity contribution >= 4 is 0 Å². The summed E-state index contributed by atoms with van der Waals surface area (Å²) in [5.41, 5.74) is -0.365. The maximum Gasteiger partial charge on any atom is 0.416 e. The summed E-state index contributed by atoms with van der Waals surface area (Å²) < 4.78 is 38.6. The second-order valence-corrected chi connectivity index (χ2v) is 4.22. The molecule has 1 aromatic carbocycles. The SMILES string of the molecule is CC(NCc1ncc[nH]1)c1ccccc1C(F)(F)F. The average molecular weight is 269 g/mol. The zero-order chi connectivity index (χ0) is 13.9. The molecule has 0 saturated heterocycles. The van der Waals surface area contributed by atoms with E-state index in [4.69, 9.17) is 0 Å². The van der Waals surface area contributed by atoms with Crippen molar-refractivity contribution in [1.29, 1.82) is 0 Å². The molecule has 0 bridgehead atoms. The minimum absolute atomic E-state index is 0.238. The van der Waals surface area contributed by atoms with Crippen molar-refractivity contribution in [3.63, 3.8) is 0 Å². The van der Waals surface area contributed by atoms with E-state index >= 15 is 0 Å². The highest BCUT2D eigenvalue weighted by molar-refractivity contribution is 5.32. The summed E-state index contributed by atoms with van der Waals surface area (Å²) >= 11 is 0. The Morgan fingerprint density at radius 3 is 2.68 bits per heavy atom. The van der Waals surface area contributed by atoms with E-state index in [9.17, 15) is 13.2 Å². The van der Waals surface area contributed by atoms with Gasteiger partial charge in [0.2, 0.25) is 0 Å². The molecule has 0 amide bonds. The van der Waals surface area contributed by atoms with Gasteiger partial charge in [0.15, 0.2) is 0 Å². The molecule has 2 rings (SSSR count). The Balaban J connectivity index is 2.12. The highest BCUT2D eigenvalue weighted by atomic mass is 19.4. The Morgan fingerprint density at radius 1 is 1.32 bits per heavy atom. The summed E-state index contributed by atoms with van der Waals surface area (Å²) in [5.74, 6) is 0.691. The molecule has 102 valence electrons. The van der Waals surface area contributed by atoms with Crippen molar-refractivity contribution in [1.82, 2.24) is 15.3 Å². The summed E-state index contributed by atoms with van der Waals surface area (Å²) in [6, 6.07) is 5.17. The average Bonchev–Trinajstić information content (AvgIpc) is 2.88. The second kappa shape index (κ2) is 5.44. The molecule has 0 radical (unpaired) electrons. The minimum Gasteiger partial charge on any atom is -0.348 e. The number of rotatable bonds is 4. The van der Waals surface area contributed by atoms with Crippen LogP contribution in [0.4, 0.5) is 13.2 Å². The highest BCUT2D eigenvalue weighted by Gasteiger charge is 2.33. The molecular weight excluding hydrogens is 255 g/mol. The van der Waals surface area contributed by atoms with Crippen LogP contribution in [0.15, 0.2) is 36.7 Å². The fourth-order valence-corrected chi connectivity index (χ4v) is 1.89. The first-order valence-corrected chi connectivity index (χ1v) is 5.86. The third-order valence-corrected chi connectivity index (χ3v) is 2.86. The predicted molar refractivity (Wildman–Crippen MR) is 65.3 cm³/mol. The maximum atomic E-state index is 12.9. The van der Waals surface area contributed by atoms with Gasteiger partial charge in [0.1, 0.15) is 5.82 Å². The Kier molecular flexibility index (Phi) is 3.90. The number of hydrogen-bond donors (Lipinski definition) is 2. The molecule has 1 atom stereocenters. The summed E-state index contributed by atoms with van der Waals surface area (Å²) in [6.07, 6.45) is -1.06. The van der Waals surface area contributed by atoms with Crippen molar-refractivity contribution in [2.45, 2.75) is 25.7 Å². The van der Waals surface area contributed by atoms with E-state index < -0.39 is 17.8 Å². The Bertz CT molecular complexity index is 520. The molecule has 3 nitrogen and oxygen atoms in total. The minimum atomic E-state index is -4.34. The maximum absolute atomic E-state index is 12.9. The molecule has 0 fully saturated rings. The first-order chi connectivity index (χ1) is 8.98. The van der Waals surface area contributed by atoms with Gasteiger partial charge < -0.3 is 10.3 Å². The first-order valence-electron chi connectivity index (χ1n) is 5.86. The van der Waals surface area contributed by atoms with Gasteiger partial charge >= 0.3 is 6.18 Å². The number of H-pyrrole nitrogens is 1. The fourth-order valence-electron chi connectivity index (χ4n) is 1.89. The van der Waals surface area contributed by atoms with Crippen molar-refractivity contribution in [3.8, 4) is 0 Å². The molecule has 1 aromatic heterocycles. The zero-order valence-electron chi connectivity index (χ0n) is 10.3. The Morgan fingerprint density at radius 2 is 2.05 bits per heavy atom. The van der Waals surface area contributed by atoms with Gasteiger partial charge in [0.25, 0.3) is 0 Å². The molecular formula is C13H14F3N3. The largest absolute Gasteiger partial charge is 0.416 e. The lowest BCUT2D eigenvalue weighted by Crippen LogP contribution is -2.22. The molecule has 6 heteroatoms. The molecule has 1 heterocycles. The van der Waals surface area contributed by atoms with E-state index in [2.05, 4.69) is 15.3 Å². The van der Waals surface area contributed by atoms with E-state index in [0.717, 1.165) is 6.07 Å². The first kappa shape index (κ1) is 13.6. The molecule has 19 heavy (non-hydrogen) atoms. The van der Waals surface area contributed by atoms with Crippen molar-refractivity contribution < 1.29 is 13.2 Å². The number of aromatic amines is 1. The summed E-state index contributed by atoms with van der Waals surface area (Å²) in [6.45, 7) is 2.09. The molecule has 0 saturated carbocycles. The van der Waals surface area contributed by atoms with Crippen LogP contribution in [0, 0.1) is 0 Å². The number of nitrogens with one attached hydrogen (secondary N) is 2. The number of benzene rings is 1. The van der Waals surface area contributed by atoms with Crippen molar-refractivity contribution in [2.24, 2.45) is 0 Å². The van der Waals surface area contributed by atoms with Gasteiger partial charge in [-0.05, 0) is 18.6 Å². The van der Waals surface area contributed by atoms with Crippen LogP contribution in [0.25, 0.3) is 0 Å². The van der Waals surface area contributed by atoms with Gasteiger partial charge in [0, 0.05) is 18.4 Å². The van der Waals surface area contributed by atoms with Gasteiger partial charge in [-0.2, -0.15) is 13.2 Å². The molecule has 2 N–H and O–H groups in total. The zero-order valence-corrected chi connectivity index (χ0v) is 10.3. The van der Waals surface area contributed by atoms with Crippen molar-refractivity contribution in [2.75, 3.05) is 0 Å². The lowest BCUT2D eigenvalue weighted by atomic mass is 10.0. The van der Waals surface area contributed by atoms with Gasteiger partial charge in [-0.15, -0.1) is 0 Å². The van der Waals surface area contributed by atoms with Gasteiger partial charge in [-0.1, -0.05) is 18.2 Å². The topological polar surface area (TPSA) is 40.7 Å². The van der Waals surface area contributed by atoms with Gasteiger partial charge in [0.05, 0.1) is 12.1 Å². The normalized spacial score (nSPS) is 13.5. The monoisotopic (exact) mass is 269 g/mol. The molecule has 2 aromatic rings. The quantitative estimate of drug-likeness (QED) is 0.894. The van der Waals surface area contributed by atoms with E-state index in [0.29, 0.717) is 12.4 Å². The second-order valence-electron chi connectivity index (χ2n) is 4.22. The Hall–Kier alpha value is -1.82. The van der Waals surface area contributed by atoms with E-state index in [1.165, 1.54) is 12.1 Å². The highest BCUT2D eigenvalue weighted by Crippen LogP contribution is 2.34. The lowest BCUT2D eigenvalue weighted by molar-refractivity contribution is -0.138.